The first kappa shape index (κ1) is 17.7. The van der Waals surface area contributed by atoms with Crippen molar-refractivity contribution in [1.29, 1.82) is 0 Å². The van der Waals surface area contributed by atoms with Crippen LogP contribution in [0.2, 0.25) is 0 Å². The number of aromatic nitrogens is 1. The Balaban J connectivity index is 1.48. The summed E-state index contributed by atoms with van der Waals surface area (Å²) in [5.74, 6) is 0.304. The van der Waals surface area contributed by atoms with Crippen LogP contribution in [0.3, 0.4) is 0 Å². The van der Waals surface area contributed by atoms with Gasteiger partial charge in [0, 0.05) is 36.2 Å². The summed E-state index contributed by atoms with van der Waals surface area (Å²) in [5.41, 5.74) is 9.15. The number of fused-ring (bicyclic) bond motifs is 1. The van der Waals surface area contributed by atoms with Crippen LogP contribution < -0.4 is 16.0 Å². The fourth-order valence-corrected chi connectivity index (χ4v) is 4.23. The fraction of sp³-hybridized carbons (Fsp3) is 0.381. The molecule has 0 unspecified atom stereocenters. The lowest BCUT2D eigenvalue weighted by molar-refractivity contribution is -0.120. The molecule has 140 valence electrons. The number of carbonyl (C=O) groups excluding carboxylic acids is 2. The van der Waals surface area contributed by atoms with Crippen molar-refractivity contribution in [2.75, 3.05) is 23.3 Å². The molecule has 1 aromatic carbocycles. The monoisotopic (exact) mass is 364 g/mol. The van der Waals surface area contributed by atoms with Gasteiger partial charge in [-0.25, -0.2) is 0 Å². The molecular formula is C21H24N4O2. The Morgan fingerprint density at radius 1 is 1.26 bits per heavy atom. The van der Waals surface area contributed by atoms with Crippen LogP contribution >= 0.6 is 0 Å². The van der Waals surface area contributed by atoms with Crippen LogP contribution in [0.15, 0.2) is 42.7 Å². The minimum Gasteiger partial charge on any atom is -0.330 e. The first-order chi connectivity index (χ1) is 13.2. The lowest BCUT2D eigenvalue weighted by Gasteiger charge is -2.19. The zero-order valence-corrected chi connectivity index (χ0v) is 15.2. The molecule has 1 fully saturated rings. The molecular weight excluding hydrogens is 340 g/mol. The number of nitrogens with two attached hydrogens (primary N) is 1. The van der Waals surface area contributed by atoms with E-state index in [2.05, 4.69) is 10.3 Å². The van der Waals surface area contributed by atoms with Gasteiger partial charge in [0.15, 0.2) is 0 Å². The molecule has 0 bridgehead atoms. The van der Waals surface area contributed by atoms with Gasteiger partial charge in [-0.1, -0.05) is 6.42 Å². The van der Waals surface area contributed by atoms with Crippen LogP contribution in [0, 0.1) is 11.8 Å². The van der Waals surface area contributed by atoms with Gasteiger partial charge in [-0.05, 0) is 67.6 Å². The molecule has 1 aliphatic carbocycles. The summed E-state index contributed by atoms with van der Waals surface area (Å²) in [6.07, 6.45) is 7.03. The number of nitrogens with one attached hydrogen (secondary N) is 1. The molecule has 4 rings (SSSR count). The highest BCUT2D eigenvalue weighted by Gasteiger charge is 2.32. The van der Waals surface area contributed by atoms with E-state index in [9.17, 15) is 9.59 Å². The van der Waals surface area contributed by atoms with Crippen LogP contribution in [0.4, 0.5) is 11.4 Å². The van der Waals surface area contributed by atoms with E-state index in [1.54, 1.807) is 29.4 Å². The third-order valence-corrected chi connectivity index (χ3v) is 5.69. The number of nitrogens with zero attached hydrogens (tertiary/aromatic N) is 2. The van der Waals surface area contributed by atoms with Crippen molar-refractivity contribution in [3.05, 3.63) is 53.9 Å². The zero-order chi connectivity index (χ0) is 18.8. The molecule has 2 atom stereocenters. The second-order valence-corrected chi connectivity index (χ2v) is 7.31. The quantitative estimate of drug-likeness (QED) is 0.873. The van der Waals surface area contributed by atoms with Crippen LogP contribution in [-0.4, -0.2) is 29.9 Å². The van der Waals surface area contributed by atoms with Crippen molar-refractivity contribution in [1.82, 2.24) is 4.98 Å². The molecule has 6 heteroatoms. The normalized spacial score (nSPS) is 21.1. The fourth-order valence-electron chi connectivity index (χ4n) is 4.23. The van der Waals surface area contributed by atoms with Crippen molar-refractivity contribution >= 4 is 23.2 Å². The zero-order valence-electron chi connectivity index (χ0n) is 15.2. The second kappa shape index (κ2) is 7.48. The van der Waals surface area contributed by atoms with E-state index in [4.69, 9.17) is 5.73 Å². The first-order valence-electron chi connectivity index (χ1n) is 9.53. The molecule has 2 amide bonds. The predicted octanol–water partition coefficient (Wildman–Crippen LogP) is 2.60. The van der Waals surface area contributed by atoms with E-state index in [1.165, 1.54) is 0 Å². The summed E-state index contributed by atoms with van der Waals surface area (Å²) < 4.78 is 0. The van der Waals surface area contributed by atoms with Crippen molar-refractivity contribution in [3.63, 3.8) is 0 Å². The number of anilines is 2. The molecule has 2 aliphatic rings. The Morgan fingerprint density at radius 2 is 2.15 bits per heavy atom. The average molecular weight is 364 g/mol. The Kier molecular flexibility index (Phi) is 4.90. The average Bonchev–Trinajstić information content (AvgIpc) is 3.34. The number of benzene rings is 1. The Bertz CT molecular complexity index is 853. The highest BCUT2D eigenvalue weighted by Crippen LogP contribution is 2.34. The van der Waals surface area contributed by atoms with Crippen LogP contribution in [0.25, 0.3) is 0 Å². The maximum atomic E-state index is 12.7. The maximum absolute atomic E-state index is 12.7. The molecule has 2 aromatic rings. The lowest BCUT2D eigenvalue weighted by Crippen LogP contribution is -2.30. The van der Waals surface area contributed by atoms with Crippen LogP contribution in [-0.2, 0) is 11.2 Å². The molecule has 0 saturated heterocycles. The van der Waals surface area contributed by atoms with Crippen molar-refractivity contribution in [2.24, 2.45) is 17.6 Å². The van der Waals surface area contributed by atoms with Crippen molar-refractivity contribution in [3.8, 4) is 0 Å². The second-order valence-electron chi connectivity index (χ2n) is 7.31. The van der Waals surface area contributed by atoms with Crippen molar-refractivity contribution < 1.29 is 9.59 Å². The molecule has 1 aromatic heterocycles. The summed E-state index contributed by atoms with van der Waals surface area (Å²) in [5, 5.41) is 3.05. The molecule has 2 heterocycles. The highest BCUT2D eigenvalue weighted by molar-refractivity contribution is 6.07. The summed E-state index contributed by atoms with van der Waals surface area (Å²) >= 11 is 0. The number of rotatable bonds is 4. The minimum atomic E-state index is -0.0459. The summed E-state index contributed by atoms with van der Waals surface area (Å²) in [6, 6.07) is 9.31. The van der Waals surface area contributed by atoms with Crippen molar-refractivity contribution in [2.45, 2.75) is 25.7 Å². The van der Waals surface area contributed by atoms with E-state index in [1.807, 2.05) is 18.2 Å². The van der Waals surface area contributed by atoms with Gasteiger partial charge in [-0.2, -0.15) is 0 Å². The Morgan fingerprint density at radius 3 is 2.93 bits per heavy atom. The van der Waals surface area contributed by atoms with Gasteiger partial charge >= 0.3 is 0 Å². The standard InChI is InChI=1S/C21H24N4O2/c22-12-15-3-1-5-18(15)20(26)24-17-6-7-19-14(11-17)8-10-25(19)21(27)16-4-2-9-23-13-16/h2,4,6-7,9,11,13,15,18H,1,3,5,8,10,12,22H2,(H,24,26)/t15-,18-/m1/s1. The third-order valence-electron chi connectivity index (χ3n) is 5.69. The largest absolute Gasteiger partial charge is 0.330 e. The predicted molar refractivity (Wildman–Crippen MR) is 105 cm³/mol. The Hall–Kier alpha value is -2.73. The molecule has 3 N–H and O–H groups in total. The Labute approximate surface area is 158 Å². The van der Waals surface area contributed by atoms with Gasteiger partial charge in [-0.3, -0.25) is 14.6 Å². The van der Waals surface area contributed by atoms with Gasteiger partial charge in [-0.15, -0.1) is 0 Å². The van der Waals surface area contributed by atoms with Gasteiger partial charge in [0.25, 0.3) is 5.91 Å². The molecule has 1 saturated carbocycles. The van der Waals surface area contributed by atoms with E-state index in [0.717, 1.165) is 42.6 Å². The van der Waals surface area contributed by atoms with Gasteiger partial charge in [0.2, 0.25) is 5.91 Å². The smallest absolute Gasteiger partial charge is 0.259 e. The number of hydrogen-bond acceptors (Lipinski definition) is 4. The SMILES string of the molecule is NC[C@H]1CCC[C@H]1C(=O)Nc1ccc2c(c1)CCN2C(=O)c1cccnc1. The van der Waals surface area contributed by atoms with E-state index in [0.29, 0.717) is 18.7 Å². The van der Waals surface area contributed by atoms with E-state index < -0.39 is 0 Å². The molecule has 0 radical (unpaired) electrons. The number of carbonyl (C=O) groups is 2. The van der Waals surface area contributed by atoms with E-state index in [-0.39, 0.29) is 23.7 Å². The molecule has 0 spiro atoms. The van der Waals surface area contributed by atoms with Crippen LogP contribution in [0.1, 0.15) is 35.2 Å². The van der Waals surface area contributed by atoms with Gasteiger partial charge in [0.1, 0.15) is 0 Å². The summed E-state index contributed by atoms with van der Waals surface area (Å²) in [7, 11) is 0. The third kappa shape index (κ3) is 3.45. The number of amides is 2. The van der Waals surface area contributed by atoms with Crippen LogP contribution in [0.5, 0.6) is 0 Å². The van der Waals surface area contributed by atoms with E-state index >= 15 is 0 Å². The maximum Gasteiger partial charge on any atom is 0.259 e. The minimum absolute atomic E-state index is 0.00640. The topological polar surface area (TPSA) is 88.3 Å². The van der Waals surface area contributed by atoms with Gasteiger partial charge in [0.05, 0.1) is 5.56 Å². The number of hydrogen-bond donors (Lipinski definition) is 2. The lowest BCUT2D eigenvalue weighted by atomic mass is 9.95. The van der Waals surface area contributed by atoms with Gasteiger partial charge < -0.3 is 16.0 Å². The molecule has 6 nitrogen and oxygen atoms in total. The first-order valence-corrected chi connectivity index (χ1v) is 9.53. The molecule has 27 heavy (non-hydrogen) atoms. The molecule has 1 aliphatic heterocycles. The summed E-state index contributed by atoms with van der Waals surface area (Å²) in [4.78, 5) is 31.1. The number of pyridine rings is 1. The summed E-state index contributed by atoms with van der Waals surface area (Å²) in [6.45, 7) is 1.20. The highest BCUT2D eigenvalue weighted by atomic mass is 16.2.